The second-order valence-corrected chi connectivity index (χ2v) is 10.6. The van der Waals surface area contributed by atoms with Crippen LogP contribution in [0.15, 0.2) is 0 Å². The molecule has 3 aliphatic rings. The predicted molar refractivity (Wildman–Crippen MR) is 119 cm³/mol. The summed E-state index contributed by atoms with van der Waals surface area (Å²) < 4.78 is 37.9. The van der Waals surface area contributed by atoms with Gasteiger partial charge < -0.3 is 19.8 Å². The Hall–Kier alpha value is -1.76. The van der Waals surface area contributed by atoms with Crippen LogP contribution < -0.4 is 0 Å². The Kier molecular flexibility index (Phi) is 8.59. The van der Waals surface area contributed by atoms with Crippen LogP contribution >= 0.6 is 11.3 Å². The van der Waals surface area contributed by atoms with Crippen molar-refractivity contribution in [2.45, 2.75) is 64.3 Å². The molecule has 3 saturated heterocycles. The highest BCUT2D eigenvalue weighted by Gasteiger charge is 2.44. The summed E-state index contributed by atoms with van der Waals surface area (Å²) in [6.45, 7) is 8.60. The summed E-state index contributed by atoms with van der Waals surface area (Å²) in [4.78, 5) is 31.3. The van der Waals surface area contributed by atoms with Gasteiger partial charge >= 0.3 is 12.1 Å². The summed E-state index contributed by atoms with van der Waals surface area (Å²) in [5.74, 6) is -2.61. The van der Waals surface area contributed by atoms with Crippen molar-refractivity contribution in [3.63, 3.8) is 0 Å². The second-order valence-electron chi connectivity index (χ2n) is 9.35. The predicted octanol–water partition coefficient (Wildman–Crippen LogP) is 2.86. The smallest absolute Gasteiger partial charge is 0.475 e. The minimum Gasteiger partial charge on any atom is -0.475 e. The first-order chi connectivity index (χ1) is 15.9. The number of piperidine rings is 1. The van der Waals surface area contributed by atoms with Crippen LogP contribution in [0.2, 0.25) is 0 Å². The van der Waals surface area contributed by atoms with Crippen molar-refractivity contribution in [3.8, 4) is 0 Å². The highest BCUT2D eigenvalue weighted by Crippen LogP contribution is 2.43. The molecule has 4 rings (SSSR count). The van der Waals surface area contributed by atoms with Gasteiger partial charge in [-0.3, -0.25) is 9.69 Å². The van der Waals surface area contributed by atoms with E-state index in [0.29, 0.717) is 6.04 Å². The molecule has 0 aromatic carbocycles. The van der Waals surface area contributed by atoms with E-state index < -0.39 is 12.1 Å². The summed E-state index contributed by atoms with van der Waals surface area (Å²) >= 11 is 1.51. The van der Waals surface area contributed by atoms with Crippen LogP contribution in [-0.2, 0) is 9.53 Å². The SMILES string of the molecule is Cc1nc(C)c(C(=O)N2CCC3(CC2)COC(CN2CCC[C@H]2CO)C3)s1.O=C(O)C(F)(F)F. The summed E-state index contributed by atoms with van der Waals surface area (Å²) in [5, 5.41) is 17.6. The van der Waals surface area contributed by atoms with E-state index in [1.54, 1.807) is 0 Å². The third-order valence-electron chi connectivity index (χ3n) is 6.89. The molecule has 4 heterocycles. The van der Waals surface area contributed by atoms with E-state index in [4.69, 9.17) is 14.6 Å². The Labute approximate surface area is 200 Å². The first kappa shape index (κ1) is 26.8. The van der Waals surface area contributed by atoms with Crippen molar-refractivity contribution in [1.29, 1.82) is 0 Å². The number of amides is 1. The molecule has 8 nitrogen and oxygen atoms in total. The topological polar surface area (TPSA) is 103 Å². The van der Waals surface area contributed by atoms with E-state index in [9.17, 15) is 23.1 Å². The molecule has 1 amide bonds. The zero-order chi connectivity index (χ0) is 25.1. The van der Waals surface area contributed by atoms with Crippen LogP contribution in [0.1, 0.15) is 52.5 Å². The fourth-order valence-electron chi connectivity index (χ4n) is 5.02. The van der Waals surface area contributed by atoms with E-state index in [1.165, 1.54) is 17.8 Å². The summed E-state index contributed by atoms with van der Waals surface area (Å²) in [6.07, 6.45) is 0.595. The maximum Gasteiger partial charge on any atom is 0.490 e. The molecule has 0 radical (unpaired) electrons. The number of hydrogen-bond acceptors (Lipinski definition) is 7. The number of carbonyl (C=O) groups is 2. The third kappa shape index (κ3) is 6.46. The number of likely N-dealkylation sites (tertiary alicyclic amines) is 2. The number of nitrogens with zero attached hydrogens (tertiary/aromatic N) is 3. The molecule has 3 aliphatic heterocycles. The Morgan fingerprint density at radius 1 is 1.24 bits per heavy atom. The van der Waals surface area contributed by atoms with E-state index in [-0.39, 0.29) is 24.0 Å². The van der Waals surface area contributed by atoms with E-state index in [0.717, 1.165) is 74.0 Å². The second kappa shape index (κ2) is 10.9. The van der Waals surface area contributed by atoms with Crippen molar-refractivity contribution in [1.82, 2.24) is 14.8 Å². The van der Waals surface area contributed by atoms with Gasteiger partial charge in [0.05, 0.1) is 30.0 Å². The van der Waals surface area contributed by atoms with Crippen LogP contribution in [0.5, 0.6) is 0 Å². The molecule has 0 bridgehead atoms. The van der Waals surface area contributed by atoms with Gasteiger partial charge in [-0.15, -0.1) is 11.3 Å². The number of halogens is 3. The lowest BCUT2D eigenvalue weighted by Gasteiger charge is -2.38. The average molecular weight is 508 g/mol. The number of rotatable bonds is 4. The Bertz CT molecular complexity index is 870. The zero-order valence-electron chi connectivity index (χ0n) is 19.4. The van der Waals surface area contributed by atoms with Crippen molar-refractivity contribution in [2.75, 3.05) is 39.4 Å². The molecule has 1 unspecified atom stereocenters. The normalized spacial score (nSPS) is 24.8. The molecule has 2 N–H and O–H groups in total. The molecule has 0 aliphatic carbocycles. The number of ether oxygens (including phenoxy) is 1. The molecule has 0 saturated carbocycles. The molecule has 34 heavy (non-hydrogen) atoms. The van der Waals surface area contributed by atoms with Crippen molar-refractivity contribution >= 4 is 23.2 Å². The van der Waals surface area contributed by atoms with Gasteiger partial charge in [0.25, 0.3) is 5.91 Å². The van der Waals surface area contributed by atoms with E-state index in [2.05, 4.69) is 9.88 Å². The molecule has 12 heteroatoms. The Balaban J connectivity index is 0.000000406. The molecule has 2 atom stereocenters. The van der Waals surface area contributed by atoms with Crippen LogP contribution in [0.4, 0.5) is 13.2 Å². The van der Waals surface area contributed by atoms with Crippen LogP contribution in [0, 0.1) is 19.3 Å². The highest BCUT2D eigenvalue weighted by atomic mass is 32.1. The van der Waals surface area contributed by atoms with E-state index in [1.807, 2.05) is 18.7 Å². The largest absolute Gasteiger partial charge is 0.490 e. The van der Waals surface area contributed by atoms with Gasteiger partial charge in [-0.05, 0) is 57.9 Å². The summed E-state index contributed by atoms with van der Waals surface area (Å²) in [6, 6.07) is 0.315. The number of alkyl halides is 3. The fourth-order valence-corrected chi connectivity index (χ4v) is 5.91. The molecule has 1 aromatic rings. The number of aromatic nitrogens is 1. The minimum atomic E-state index is -5.08. The number of carboxylic acid groups (broad SMARTS) is 1. The number of aryl methyl sites for hydroxylation is 2. The van der Waals surface area contributed by atoms with Gasteiger partial charge in [0.1, 0.15) is 4.88 Å². The fraction of sp³-hybridized carbons (Fsp3) is 0.773. The molecule has 192 valence electrons. The first-order valence-corrected chi connectivity index (χ1v) is 12.3. The maximum absolute atomic E-state index is 12.8. The molecule has 3 fully saturated rings. The molecule has 1 aromatic heterocycles. The third-order valence-corrected chi connectivity index (χ3v) is 7.95. The first-order valence-electron chi connectivity index (χ1n) is 11.4. The lowest BCUT2D eigenvalue weighted by molar-refractivity contribution is -0.192. The number of carbonyl (C=O) groups excluding carboxylic acids is 1. The Morgan fingerprint density at radius 2 is 1.88 bits per heavy atom. The number of aliphatic carboxylic acids is 1. The van der Waals surface area contributed by atoms with Gasteiger partial charge in [-0.1, -0.05) is 0 Å². The quantitative estimate of drug-likeness (QED) is 0.646. The van der Waals surface area contributed by atoms with Crippen LogP contribution in [0.25, 0.3) is 0 Å². The summed E-state index contributed by atoms with van der Waals surface area (Å²) in [5.41, 5.74) is 1.09. The van der Waals surface area contributed by atoms with Gasteiger partial charge in [-0.25, -0.2) is 9.78 Å². The molecular formula is C22H32F3N3O5S. The molecular weight excluding hydrogens is 475 g/mol. The number of thiazole rings is 1. The van der Waals surface area contributed by atoms with Gasteiger partial charge in [0.15, 0.2) is 0 Å². The van der Waals surface area contributed by atoms with E-state index >= 15 is 0 Å². The van der Waals surface area contributed by atoms with Crippen LogP contribution in [0.3, 0.4) is 0 Å². The van der Waals surface area contributed by atoms with Crippen LogP contribution in [-0.4, -0.2) is 94.6 Å². The monoisotopic (exact) mass is 507 g/mol. The Morgan fingerprint density at radius 3 is 2.41 bits per heavy atom. The van der Waals surface area contributed by atoms with Gasteiger partial charge in [0.2, 0.25) is 0 Å². The highest BCUT2D eigenvalue weighted by molar-refractivity contribution is 7.13. The van der Waals surface area contributed by atoms with Crippen molar-refractivity contribution in [3.05, 3.63) is 15.6 Å². The van der Waals surface area contributed by atoms with Gasteiger partial charge in [-0.2, -0.15) is 13.2 Å². The van der Waals surface area contributed by atoms with Crippen molar-refractivity contribution < 1.29 is 37.7 Å². The number of aliphatic hydroxyl groups excluding tert-OH is 1. The number of hydrogen-bond donors (Lipinski definition) is 2. The summed E-state index contributed by atoms with van der Waals surface area (Å²) in [7, 11) is 0. The number of carboxylic acids is 1. The average Bonchev–Trinajstić information content (AvgIpc) is 3.47. The standard InChI is InChI=1S/C20H31N3O3S.C2HF3O2/c1-14-18(27-15(2)21-14)19(25)22-8-5-20(6-9-22)10-17(26-13-20)11-23-7-3-4-16(23)12-24;3-2(4,5)1(6)7/h16-17,24H,3-13H2,1-2H3;(H,6,7)/t16-,17?;/m0./s1. The maximum atomic E-state index is 12.8. The van der Waals surface area contributed by atoms with Crippen molar-refractivity contribution in [2.24, 2.45) is 5.41 Å². The minimum absolute atomic E-state index is 0.145. The van der Waals surface area contributed by atoms with Gasteiger partial charge in [0, 0.05) is 25.7 Å². The molecule has 1 spiro atoms. The number of aliphatic hydroxyl groups is 1. The lowest BCUT2D eigenvalue weighted by Crippen LogP contribution is -2.44. The lowest BCUT2D eigenvalue weighted by atomic mass is 9.76. The zero-order valence-corrected chi connectivity index (χ0v) is 20.3.